The first-order chi connectivity index (χ1) is 17.3. The first kappa shape index (κ1) is 22.1. The summed E-state index contributed by atoms with van der Waals surface area (Å²) in [6.45, 7) is 11.7. The van der Waals surface area contributed by atoms with Crippen LogP contribution in [0.25, 0.3) is 41.8 Å². The van der Waals surface area contributed by atoms with E-state index in [9.17, 15) is 0 Å². The van der Waals surface area contributed by atoms with Crippen molar-refractivity contribution in [3.63, 3.8) is 0 Å². The van der Waals surface area contributed by atoms with E-state index in [4.69, 9.17) is 5.73 Å². The number of anilines is 1. The van der Waals surface area contributed by atoms with Crippen molar-refractivity contribution in [2.75, 3.05) is 5.73 Å². The zero-order valence-electron chi connectivity index (χ0n) is 21.3. The molecule has 0 amide bonds. The lowest BCUT2D eigenvalue weighted by Gasteiger charge is -2.20. The smallest absolute Gasteiger partial charge is 0.0393 e. The van der Waals surface area contributed by atoms with E-state index >= 15 is 0 Å². The van der Waals surface area contributed by atoms with E-state index in [-0.39, 0.29) is 0 Å². The first-order valence-corrected chi connectivity index (χ1v) is 14.3. The molecule has 1 nitrogen and oxygen atoms in total. The predicted molar refractivity (Wildman–Crippen MR) is 158 cm³/mol. The van der Waals surface area contributed by atoms with Gasteiger partial charge in [-0.3, -0.25) is 0 Å². The Morgan fingerprint density at radius 1 is 0.611 bits per heavy atom. The topological polar surface area (TPSA) is 26.0 Å². The van der Waals surface area contributed by atoms with Crippen molar-refractivity contribution in [2.45, 2.75) is 46.5 Å². The minimum atomic E-state index is 0.411. The van der Waals surface area contributed by atoms with E-state index in [1.165, 1.54) is 69.6 Å². The summed E-state index contributed by atoms with van der Waals surface area (Å²) in [5.74, 6) is 0.832. The van der Waals surface area contributed by atoms with Gasteiger partial charge in [0.05, 0.1) is 0 Å². The largest absolute Gasteiger partial charge is 0.399 e. The summed E-state index contributed by atoms with van der Waals surface area (Å²) >= 11 is 3.92. The average molecular weight is 504 g/mol. The maximum absolute atomic E-state index is 5.94. The molecule has 3 heteroatoms. The Kier molecular flexibility index (Phi) is 4.71. The quantitative estimate of drug-likeness (QED) is 0.238. The molecule has 5 aromatic rings. The Hall–Kier alpha value is -3.14. The standard InChI is InChI=1S/C33H29NS2/c1-16-6-8-21(9-7-16)26-14-24-17(2)28-20(5)31-29(19(4)30(28)32(24)35-26)18(3)25-15-27(36-33(25)31)22-10-12-23(34)13-11-22/h6-15,17-18H,34H2,1-5H3. The zero-order valence-corrected chi connectivity index (χ0v) is 23.0. The fraction of sp³-hybridized carbons (Fsp3) is 0.212. The van der Waals surface area contributed by atoms with Crippen LogP contribution in [0.1, 0.15) is 64.6 Å². The summed E-state index contributed by atoms with van der Waals surface area (Å²) in [6.07, 6.45) is 0. The van der Waals surface area contributed by atoms with Crippen molar-refractivity contribution < 1.29 is 0 Å². The van der Waals surface area contributed by atoms with E-state index in [1.807, 2.05) is 34.8 Å². The summed E-state index contributed by atoms with van der Waals surface area (Å²) in [4.78, 5) is 5.68. The third-order valence-corrected chi connectivity index (χ3v) is 10.8. The summed E-state index contributed by atoms with van der Waals surface area (Å²) in [7, 11) is 0. The molecule has 0 aliphatic heterocycles. The second-order valence-electron chi connectivity index (χ2n) is 10.5. The van der Waals surface area contributed by atoms with Crippen LogP contribution in [0.3, 0.4) is 0 Å². The molecule has 7 rings (SSSR count). The SMILES string of the molecule is Cc1ccc(-c2cc3c(s2)-c2c(C)c4c(c(C)c2C3C)-c2sc(-c3ccc(N)cc3)cc2C4C)cc1. The van der Waals surface area contributed by atoms with Crippen LogP contribution >= 0.6 is 22.7 Å². The van der Waals surface area contributed by atoms with Crippen molar-refractivity contribution in [1.82, 2.24) is 0 Å². The van der Waals surface area contributed by atoms with Gasteiger partial charge in [0.15, 0.2) is 0 Å². The third-order valence-electron chi connectivity index (χ3n) is 8.40. The molecule has 0 spiro atoms. The average Bonchev–Trinajstić information content (AvgIpc) is 3.60. The molecule has 178 valence electrons. The summed E-state index contributed by atoms with van der Waals surface area (Å²) in [5.41, 5.74) is 22.7. The van der Waals surface area contributed by atoms with Crippen LogP contribution in [-0.4, -0.2) is 0 Å². The van der Waals surface area contributed by atoms with Crippen LogP contribution in [0, 0.1) is 20.8 Å². The monoisotopic (exact) mass is 503 g/mol. The first-order valence-electron chi connectivity index (χ1n) is 12.7. The van der Waals surface area contributed by atoms with Gasteiger partial charge < -0.3 is 5.73 Å². The highest BCUT2D eigenvalue weighted by Crippen LogP contribution is 2.60. The number of hydrogen-bond acceptors (Lipinski definition) is 3. The maximum Gasteiger partial charge on any atom is 0.0393 e. The van der Waals surface area contributed by atoms with Crippen LogP contribution in [0.4, 0.5) is 5.69 Å². The second-order valence-corrected chi connectivity index (χ2v) is 12.7. The van der Waals surface area contributed by atoms with Crippen molar-refractivity contribution in [1.29, 1.82) is 0 Å². The number of thiophene rings is 2. The molecule has 2 atom stereocenters. The molecular formula is C33H29NS2. The van der Waals surface area contributed by atoms with Gasteiger partial charge >= 0.3 is 0 Å². The number of nitrogens with two attached hydrogens (primary N) is 1. The van der Waals surface area contributed by atoms with E-state index in [0.717, 1.165) is 5.69 Å². The number of nitrogen functional groups attached to an aromatic ring is 1. The molecule has 2 N–H and O–H groups in total. The molecule has 2 heterocycles. The van der Waals surface area contributed by atoms with Crippen molar-refractivity contribution >= 4 is 28.4 Å². The summed E-state index contributed by atoms with van der Waals surface area (Å²) < 4.78 is 0. The number of benzene rings is 3. The Bertz CT molecular complexity index is 1550. The molecule has 2 aliphatic carbocycles. The fourth-order valence-electron chi connectivity index (χ4n) is 6.52. The molecule has 3 aromatic carbocycles. The lowest BCUT2D eigenvalue weighted by molar-refractivity contribution is 0.926. The lowest BCUT2D eigenvalue weighted by atomic mass is 9.85. The van der Waals surface area contributed by atoms with E-state index in [2.05, 4.69) is 83.1 Å². The maximum atomic E-state index is 5.94. The van der Waals surface area contributed by atoms with Gasteiger partial charge in [0, 0.05) is 37.0 Å². The molecule has 36 heavy (non-hydrogen) atoms. The highest BCUT2D eigenvalue weighted by molar-refractivity contribution is 7.19. The van der Waals surface area contributed by atoms with Crippen molar-refractivity contribution in [2.24, 2.45) is 0 Å². The normalized spacial score (nSPS) is 17.1. The Morgan fingerprint density at radius 2 is 1.03 bits per heavy atom. The third kappa shape index (κ3) is 2.93. The Balaban J connectivity index is 1.39. The van der Waals surface area contributed by atoms with Crippen LogP contribution in [0.15, 0.2) is 60.7 Å². The number of hydrogen-bond donors (Lipinski definition) is 1. The van der Waals surface area contributed by atoms with E-state index in [0.29, 0.717) is 11.8 Å². The summed E-state index contributed by atoms with van der Waals surface area (Å²) in [6, 6.07) is 22.2. The van der Waals surface area contributed by atoms with Gasteiger partial charge in [-0.25, -0.2) is 0 Å². The zero-order chi connectivity index (χ0) is 24.9. The Morgan fingerprint density at radius 3 is 1.47 bits per heavy atom. The minimum Gasteiger partial charge on any atom is -0.399 e. The molecule has 0 saturated carbocycles. The Labute approximate surface area is 221 Å². The van der Waals surface area contributed by atoms with Gasteiger partial charge in [0.2, 0.25) is 0 Å². The molecule has 0 saturated heterocycles. The van der Waals surface area contributed by atoms with Gasteiger partial charge in [0.1, 0.15) is 0 Å². The van der Waals surface area contributed by atoms with Crippen LogP contribution in [0.5, 0.6) is 0 Å². The molecule has 0 bridgehead atoms. The van der Waals surface area contributed by atoms with Crippen LogP contribution < -0.4 is 5.73 Å². The van der Waals surface area contributed by atoms with Gasteiger partial charge in [-0.05, 0) is 101 Å². The molecule has 2 aliphatic rings. The predicted octanol–water partition coefficient (Wildman–Crippen LogP) is 9.92. The van der Waals surface area contributed by atoms with Crippen molar-refractivity contribution in [3.8, 4) is 41.8 Å². The summed E-state index contributed by atoms with van der Waals surface area (Å²) in [5, 5.41) is 0. The number of aryl methyl sites for hydroxylation is 1. The van der Waals surface area contributed by atoms with Crippen LogP contribution in [0.2, 0.25) is 0 Å². The van der Waals surface area contributed by atoms with Crippen molar-refractivity contribution in [3.05, 3.63) is 99.6 Å². The van der Waals surface area contributed by atoms with Gasteiger partial charge in [0.25, 0.3) is 0 Å². The molecular weight excluding hydrogens is 475 g/mol. The lowest BCUT2D eigenvalue weighted by Crippen LogP contribution is -2.02. The van der Waals surface area contributed by atoms with Gasteiger partial charge in [-0.2, -0.15) is 0 Å². The van der Waals surface area contributed by atoms with E-state index in [1.54, 1.807) is 11.1 Å². The molecule has 0 fully saturated rings. The molecule has 2 unspecified atom stereocenters. The second kappa shape index (κ2) is 7.68. The van der Waals surface area contributed by atoms with Gasteiger partial charge in [-0.15, -0.1) is 22.7 Å². The van der Waals surface area contributed by atoms with Gasteiger partial charge in [-0.1, -0.05) is 55.8 Å². The number of rotatable bonds is 2. The highest BCUT2D eigenvalue weighted by atomic mass is 32.1. The molecule has 2 aromatic heterocycles. The fourth-order valence-corrected chi connectivity index (χ4v) is 9.28. The van der Waals surface area contributed by atoms with E-state index < -0.39 is 0 Å². The molecule has 0 radical (unpaired) electrons. The highest BCUT2D eigenvalue weighted by Gasteiger charge is 2.39. The number of fused-ring (bicyclic) bond motifs is 6. The minimum absolute atomic E-state index is 0.411. The van der Waals surface area contributed by atoms with Crippen LogP contribution in [-0.2, 0) is 0 Å².